The zero-order valence-corrected chi connectivity index (χ0v) is 30.3. The maximum absolute atomic E-state index is 11.7. The lowest BCUT2D eigenvalue weighted by molar-refractivity contribution is 0.0599. The van der Waals surface area contributed by atoms with Crippen LogP contribution in [0.1, 0.15) is 33.6 Å². The molecule has 0 atom stereocenters. The quantitative estimate of drug-likeness (QED) is 0.0934. The van der Waals surface area contributed by atoms with Crippen LogP contribution in [-0.2, 0) is 9.47 Å². The highest BCUT2D eigenvalue weighted by Crippen LogP contribution is 2.31. The monoisotopic (exact) mass is 760 g/mol. The SMILES string of the molecule is C1CCOC1.COC(=O)c1cccc(-c2nnc(Nc3ccc4[nH]ncc4c3)s2)c1.O=C(O)c1cccc(-c2nnc(Nc3ccc4[nH]ncc4c3)s2)c1. The number of hydrogen-bond donors (Lipinski definition) is 5. The number of nitrogens with zero attached hydrogens (tertiary/aromatic N) is 6. The van der Waals surface area contributed by atoms with Crippen molar-refractivity contribution >= 4 is 78.1 Å². The summed E-state index contributed by atoms with van der Waals surface area (Å²) in [5.74, 6) is -1.34. The fourth-order valence-corrected chi connectivity index (χ4v) is 6.78. The lowest BCUT2D eigenvalue weighted by Gasteiger charge is -2.02. The average Bonchev–Trinajstić information content (AvgIpc) is 4.06. The van der Waals surface area contributed by atoms with E-state index in [0.29, 0.717) is 20.8 Å². The number of H-pyrrole nitrogens is 2. The number of fused-ring (bicyclic) bond motifs is 2. The maximum Gasteiger partial charge on any atom is 0.337 e. The van der Waals surface area contributed by atoms with Crippen molar-refractivity contribution in [2.75, 3.05) is 31.0 Å². The van der Waals surface area contributed by atoms with Gasteiger partial charge in [0.2, 0.25) is 10.3 Å². The molecule has 15 nitrogen and oxygen atoms in total. The van der Waals surface area contributed by atoms with Gasteiger partial charge in [0, 0.05) is 46.5 Å². The Morgan fingerprint density at radius 3 is 1.70 bits per heavy atom. The van der Waals surface area contributed by atoms with E-state index in [-0.39, 0.29) is 11.5 Å². The second-order valence-electron chi connectivity index (χ2n) is 11.7. The van der Waals surface area contributed by atoms with Gasteiger partial charge in [-0.3, -0.25) is 10.2 Å². The van der Waals surface area contributed by atoms with Crippen molar-refractivity contribution in [3.63, 3.8) is 0 Å². The van der Waals surface area contributed by atoms with Gasteiger partial charge in [-0.2, -0.15) is 10.2 Å². The van der Waals surface area contributed by atoms with E-state index in [4.69, 9.17) is 14.6 Å². The second kappa shape index (κ2) is 16.8. The molecule has 0 saturated carbocycles. The average molecular weight is 761 g/mol. The number of rotatable bonds is 8. The van der Waals surface area contributed by atoms with E-state index in [1.165, 1.54) is 42.6 Å². The van der Waals surface area contributed by atoms with Gasteiger partial charge < -0.3 is 25.2 Å². The summed E-state index contributed by atoms with van der Waals surface area (Å²) < 4.78 is 9.69. The standard InChI is InChI=1S/C17H13N5O2S.C16H11N5O2S.C4H8O/c1-24-16(23)11-4-2-3-10(7-11)15-21-22-17(25-15)19-13-5-6-14-12(8-13)9-18-20-14;22-15(23)10-3-1-2-9(6-10)14-20-21-16(24-14)18-12-4-5-13-11(7-12)8-17-19-13;1-2-4-5-3-1/h2-9H,1H3,(H,18,20)(H,19,22);1-8H,(H,17,19)(H,18,21)(H,22,23);1-4H2. The van der Waals surface area contributed by atoms with Crippen LogP contribution in [0.3, 0.4) is 0 Å². The van der Waals surface area contributed by atoms with Crippen molar-refractivity contribution < 1.29 is 24.2 Å². The molecule has 1 fully saturated rings. The van der Waals surface area contributed by atoms with Gasteiger partial charge in [-0.05, 0) is 73.5 Å². The van der Waals surface area contributed by atoms with Crippen molar-refractivity contribution in [1.29, 1.82) is 0 Å². The van der Waals surface area contributed by atoms with E-state index in [9.17, 15) is 9.59 Å². The molecule has 1 aliphatic rings. The first kappa shape index (κ1) is 35.8. The van der Waals surface area contributed by atoms with E-state index in [2.05, 4.69) is 51.4 Å². The van der Waals surface area contributed by atoms with E-state index in [1.807, 2.05) is 48.5 Å². The third-order valence-corrected chi connectivity index (χ3v) is 9.72. The van der Waals surface area contributed by atoms with E-state index < -0.39 is 5.97 Å². The first-order valence-electron chi connectivity index (χ1n) is 16.6. The number of nitrogens with one attached hydrogen (secondary N) is 4. The van der Waals surface area contributed by atoms with Gasteiger partial charge in [0.15, 0.2) is 0 Å². The third kappa shape index (κ3) is 8.90. The maximum atomic E-state index is 11.7. The molecule has 0 radical (unpaired) electrons. The first-order valence-corrected chi connectivity index (χ1v) is 18.2. The number of ether oxygens (including phenoxy) is 2. The number of aromatic nitrogens is 8. The Labute approximate surface area is 315 Å². The number of hydrogen-bond acceptors (Lipinski definition) is 14. The third-order valence-electron chi connectivity index (χ3n) is 7.95. The molecule has 5 N–H and O–H groups in total. The van der Waals surface area contributed by atoms with Crippen LogP contribution in [0.25, 0.3) is 42.9 Å². The van der Waals surface area contributed by atoms with Crippen molar-refractivity contribution in [2.24, 2.45) is 0 Å². The molecule has 0 unspecified atom stereocenters. The minimum atomic E-state index is -0.965. The molecule has 1 aliphatic heterocycles. The van der Waals surface area contributed by atoms with Crippen molar-refractivity contribution in [3.05, 3.63) is 108 Å². The van der Waals surface area contributed by atoms with Gasteiger partial charge in [-0.15, -0.1) is 20.4 Å². The summed E-state index contributed by atoms with van der Waals surface area (Å²) >= 11 is 2.77. The zero-order valence-electron chi connectivity index (χ0n) is 28.6. The summed E-state index contributed by atoms with van der Waals surface area (Å²) in [6.07, 6.45) is 6.08. The van der Waals surface area contributed by atoms with Crippen molar-refractivity contribution in [3.8, 4) is 21.1 Å². The predicted octanol–water partition coefficient (Wildman–Crippen LogP) is 7.93. The number of benzene rings is 4. The molecule has 0 amide bonds. The summed E-state index contributed by atoms with van der Waals surface area (Å²) in [6, 6.07) is 25.5. The zero-order chi connectivity index (χ0) is 37.3. The molecule has 5 heterocycles. The fourth-order valence-electron chi connectivity index (χ4n) is 5.26. The van der Waals surface area contributed by atoms with Gasteiger partial charge in [0.1, 0.15) is 10.0 Å². The van der Waals surface area contributed by atoms with E-state index in [0.717, 1.165) is 62.5 Å². The van der Waals surface area contributed by atoms with Crippen LogP contribution in [0.15, 0.2) is 97.3 Å². The number of carbonyl (C=O) groups is 2. The smallest absolute Gasteiger partial charge is 0.337 e. The molecule has 1 saturated heterocycles. The molecule has 9 rings (SSSR count). The number of aromatic amines is 2. The highest BCUT2D eigenvalue weighted by Gasteiger charge is 2.12. The van der Waals surface area contributed by atoms with Crippen LogP contribution in [-0.4, -0.2) is 78.2 Å². The van der Waals surface area contributed by atoms with Crippen LogP contribution >= 0.6 is 22.7 Å². The predicted molar refractivity (Wildman–Crippen MR) is 208 cm³/mol. The Bertz CT molecular complexity index is 2520. The Hall–Kier alpha value is -6.56. The van der Waals surface area contributed by atoms with Crippen LogP contribution in [0.5, 0.6) is 0 Å². The topological polar surface area (TPSA) is 206 Å². The van der Waals surface area contributed by atoms with E-state index >= 15 is 0 Å². The normalized spacial score (nSPS) is 12.0. The number of anilines is 4. The molecule has 0 bridgehead atoms. The van der Waals surface area contributed by atoms with Gasteiger partial charge in [0.05, 0.1) is 41.7 Å². The molecule has 8 aromatic rings. The Morgan fingerprint density at radius 1 is 0.704 bits per heavy atom. The minimum Gasteiger partial charge on any atom is -0.478 e. The van der Waals surface area contributed by atoms with Gasteiger partial charge >= 0.3 is 11.9 Å². The van der Waals surface area contributed by atoms with Gasteiger partial charge in [-0.25, -0.2) is 9.59 Å². The molecule has 54 heavy (non-hydrogen) atoms. The Morgan fingerprint density at radius 2 is 1.22 bits per heavy atom. The minimum absolute atomic E-state index is 0.225. The first-order chi connectivity index (χ1) is 26.4. The number of carboxylic acids is 1. The number of carboxylic acid groups (broad SMARTS) is 1. The molecular weight excluding hydrogens is 729 g/mol. The van der Waals surface area contributed by atoms with Crippen LogP contribution in [0.2, 0.25) is 0 Å². The summed E-state index contributed by atoms with van der Waals surface area (Å²) in [6.45, 7) is 2.00. The lowest BCUT2D eigenvalue weighted by atomic mass is 10.1. The second-order valence-corrected chi connectivity index (χ2v) is 13.7. The van der Waals surface area contributed by atoms with Gasteiger partial charge in [-0.1, -0.05) is 46.9 Å². The summed E-state index contributed by atoms with van der Waals surface area (Å²) in [5.41, 5.74) is 5.97. The Kier molecular flexibility index (Phi) is 11.2. The summed E-state index contributed by atoms with van der Waals surface area (Å²) in [4.78, 5) is 22.7. The molecule has 4 aromatic heterocycles. The fraction of sp³-hybridized carbons (Fsp3) is 0.135. The largest absolute Gasteiger partial charge is 0.478 e. The molecule has 4 aromatic carbocycles. The molecule has 272 valence electrons. The van der Waals surface area contributed by atoms with E-state index in [1.54, 1.807) is 48.8 Å². The Balaban J connectivity index is 0.000000148. The van der Waals surface area contributed by atoms with Crippen LogP contribution < -0.4 is 10.6 Å². The van der Waals surface area contributed by atoms with Crippen LogP contribution in [0.4, 0.5) is 21.6 Å². The van der Waals surface area contributed by atoms with Crippen LogP contribution in [0, 0.1) is 0 Å². The molecule has 0 spiro atoms. The molecule has 17 heteroatoms. The lowest BCUT2D eigenvalue weighted by Crippen LogP contribution is -2.00. The highest BCUT2D eigenvalue weighted by atomic mass is 32.1. The van der Waals surface area contributed by atoms with Crippen molar-refractivity contribution in [2.45, 2.75) is 12.8 Å². The number of esters is 1. The summed E-state index contributed by atoms with van der Waals surface area (Å²) in [5, 5.41) is 50.6. The van der Waals surface area contributed by atoms with Gasteiger partial charge in [0.25, 0.3) is 0 Å². The summed E-state index contributed by atoms with van der Waals surface area (Å²) in [7, 11) is 1.36. The number of methoxy groups -OCH3 is 1. The highest BCUT2D eigenvalue weighted by molar-refractivity contribution is 7.18. The molecular formula is C37H32N10O5S2. The number of carbonyl (C=O) groups excluding carboxylic acids is 1. The number of aromatic carboxylic acids is 1. The van der Waals surface area contributed by atoms with Crippen molar-refractivity contribution in [1.82, 2.24) is 40.8 Å². The molecule has 0 aliphatic carbocycles.